The van der Waals surface area contributed by atoms with E-state index in [2.05, 4.69) is 22.6 Å². The monoisotopic (exact) mass is 419 g/mol. The number of hydrogen-bond donors (Lipinski definition) is 0. The van der Waals surface area contributed by atoms with Gasteiger partial charge in [0.1, 0.15) is 24.2 Å². The average Bonchev–Trinajstić information content (AvgIpc) is 2.42. The minimum Gasteiger partial charge on any atom is -0.492 e. The molecule has 1 amide bonds. The molecule has 0 spiro atoms. The van der Waals surface area contributed by atoms with E-state index >= 15 is 0 Å². The molecule has 0 aromatic heterocycles. The summed E-state index contributed by atoms with van der Waals surface area (Å²) in [6.07, 6.45) is 0.640. The molecular formula is C16H22INO4. The van der Waals surface area contributed by atoms with Crippen LogP contribution in [0.15, 0.2) is 24.3 Å². The number of aldehydes is 1. The predicted molar refractivity (Wildman–Crippen MR) is 93.1 cm³/mol. The minimum atomic E-state index is -0.562. The first kappa shape index (κ1) is 18.7. The lowest BCUT2D eigenvalue weighted by Crippen LogP contribution is -2.39. The van der Waals surface area contributed by atoms with Crippen molar-refractivity contribution < 1.29 is 19.1 Å². The van der Waals surface area contributed by atoms with Gasteiger partial charge in [0, 0.05) is 16.5 Å². The van der Waals surface area contributed by atoms with Crippen molar-refractivity contribution in [1.29, 1.82) is 0 Å². The number of nitrogens with zero attached hydrogens (tertiary/aromatic N) is 1. The first-order valence-electron chi connectivity index (χ1n) is 7.12. The van der Waals surface area contributed by atoms with Gasteiger partial charge < -0.3 is 19.2 Å². The van der Waals surface area contributed by atoms with Gasteiger partial charge in [-0.3, -0.25) is 0 Å². The molecule has 6 heteroatoms. The van der Waals surface area contributed by atoms with Crippen LogP contribution >= 0.6 is 22.6 Å². The van der Waals surface area contributed by atoms with E-state index in [1.54, 1.807) is 0 Å². The van der Waals surface area contributed by atoms with Crippen molar-refractivity contribution in [3.63, 3.8) is 0 Å². The molecule has 0 atom stereocenters. The number of ether oxygens (including phenoxy) is 2. The Morgan fingerprint density at radius 3 is 2.41 bits per heavy atom. The van der Waals surface area contributed by atoms with E-state index in [1.807, 2.05) is 45.0 Å². The zero-order valence-electron chi connectivity index (χ0n) is 13.2. The van der Waals surface area contributed by atoms with E-state index in [0.29, 0.717) is 19.7 Å². The van der Waals surface area contributed by atoms with Gasteiger partial charge in [0.25, 0.3) is 0 Å². The van der Waals surface area contributed by atoms with E-state index in [4.69, 9.17) is 9.47 Å². The van der Waals surface area contributed by atoms with Crippen molar-refractivity contribution in [2.24, 2.45) is 0 Å². The zero-order chi connectivity index (χ0) is 16.6. The summed E-state index contributed by atoms with van der Waals surface area (Å²) in [7, 11) is 0. The molecule has 22 heavy (non-hydrogen) atoms. The summed E-state index contributed by atoms with van der Waals surface area (Å²) in [6, 6.07) is 7.66. The van der Waals surface area contributed by atoms with Gasteiger partial charge in [0.2, 0.25) is 0 Å². The highest BCUT2D eigenvalue weighted by Gasteiger charge is 2.21. The number of halogens is 1. The summed E-state index contributed by atoms with van der Waals surface area (Å²) in [5, 5.41) is 0. The van der Waals surface area contributed by atoms with Crippen LogP contribution in [0.1, 0.15) is 27.2 Å². The Kier molecular flexibility index (Phi) is 7.64. The number of carbonyl (C=O) groups is 2. The summed E-state index contributed by atoms with van der Waals surface area (Å²) >= 11 is 2.22. The fourth-order valence-electron chi connectivity index (χ4n) is 1.63. The van der Waals surface area contributed by atoms with Crippen molar-refractivity contribution in [3.8, 4) is 5.75 Å². The fourth-order valence-corrected chi connectivity index (χ4v) is 1.99. The molecule has 1 rings (SSSR count). The molecule has 5 nitrogen and oxygen atoms in total. The largest absolute Gasteiger partial charge is 0.492 e. The van der Waals surface area contributed by atoms with Crippen LogP contribution in [0.3, 0.4) is 0 Å². The van der Waals surface area contributed by atoms with Gasteiger partial charge in [0.05, 0.1) is 6.54 Å². The minimum absolute atomic E-state index is 0.281. The number of amides is 1. The first-order chi connectivity index (χ1) is 10.3. The zero-order valence-corrected chi connectivity index (χ0v) is 15.3. The molecule has 1 aromatic rings. The third kappa shape index (κ3) is 7.63. The lowest BCUT2D eigenvalue weighted by molar-refractivity contribution is -0.108. The van der Waals surface area contributed by atoms with E-state index in [1.165, 1.54) is 4.90 Å². The molecule has 0 fully saturated rings. The van der Waals surface area contributed by atoms with Gasteiger partial charge in [0.15, 0.2) is 0 Å². The molecule has 0 bridgehead atoms. The van der Waals surface area contributed by atoms with Crippen LogP contribution in [0.25, 0.3) is 0 Å². The second-order valence-electron chi connectivity index (χ2n) is 5.73. The number of carbonyl (C=O) groups excluding carboxylic acids is 2. The van der Waals surface area contributed by atoms with Crippen molar-refractivity contribution in [2.45, 2.75) is 32.8 Å². The highest BCUT2D eigenvalue weighted by Crippen LogP contribution is 2.14. The van der Waals surface area contributed by atoms with E-state index in [0.717, 1.165) is 15.6 Å². The lowest BCUT2D eigenvalue weighted by Gasteiger charge is -2.27. The van der Waals surface area contributed by atoms with Crippen LogP contribution in [-0.4, -0.2) is 42.6 Å². The molecular weight excluding hydrogens is 397 g/mol. The molecule has 1 aromatic carbocycles. The second kappa shape index (κ2) is 8.97. The maximum absolute atomic E-state index is 12.1. The van der Waals surface area contributed by atoms with Crippen molar-refractivity contribution >= 4 is 35.0 Å². The van der Waals surface area contributed by atoms with Gasteiger partial charge in [-0.1, -0.05) is 0 Å². The van der Waals surface area contributed by atoms with Crippen LogP contribution in [0.2, 0.25) is 0 Å². The molecule has 0 unspecified atom stereocenters. The molecule has 0 heterocycles. The summed E-state index contributed by atoms with van der Waals surface area (Å²) in [5.74, 6) is 0.750. The van der Waals surface area contributed by atoms with Gasteiger partial charge in [-0.2, -0.15) is 0 Å². The average molecular weight is 419 g/mol. The van der Waals surface area contributed by atoms with Crippen LogP contribution < -0.4 is 4.74 Å². The van der Waals surface area contributed by atoms with Gasteiger partial charge in [-0.15, -0.1) is 0 Å². The summed E-state index contributed by atoms with van der Waals surface area (Å²) in [4.78, 5) is 24.1. The Hall–Kier alpha value is -1.31. The Bertz CT molecular complexity index is 482. The molecule has 0 aliphatic heterocycles. The van der Waals surface area contributed by atoms with Crippen LogP contribution in [-0.2, 0) is 9.53 Å². The summed E-state index contributed by atoms with van der Waals surface area (Å²) < 4.78 is 12.1. The topological polar surface area (TPSA) is 55.8 Å². The molecule has 0 aliphatic rings. The first-order valence-corrected chi connectivity index (χ1v) is 8.19. The Balaban J connectivity index is 2.51. The van der Waals surface area contributed by atoms with Crippen LogP contribution in [0.5, 0.6) is 5.75 Å². The van der Waals surface area contributed by atoms with Crippen LogP contribution in [0.4, 0.5) is 4.79 Å². The second-order valence-corrected chi connectivity index (χ2v) is 6.97. The van der Waals surface area contributed by atoms with Crippen molar-refractivity contribution in [2.75, 3.05) is 19.7 Å². The molecule has 0 aliphatic carbocycles. The highest BCUT2D eigenvalue weighted by molar-refractivity contribution is 14.1. The van der Waals surface area contributed by atoms with Crippen molar-refractivity contribution in [3.05, 3.63) is 27.8 Å². The van der Waals surface area contributed by atoms with E-state index < -0.39 is 11.7 Å². The molecule has 0 saturated heterocycles. The Morgan fingerprint density at radius 2 is 1.86 bits per heavy atom. The molecule has 0 radical (unpaired) electrons. The van der Waals surface area contributed by atoms with Crippen molar-refractivity contribution in [1.82, 2.24) is 4.90 Å². The van der Waals surface area contributed by atoms with Gasteiger partial charge in [-0.05, 0) is 67.6 Å². The predicted octanol–water partition coefficient (Wildman–Crippen LogP) is 3.50. The lowest BCUT2D eigenvalue weighted by atomic mass is 10.2. The standard InChI is InChI=1S/C16H22INO4/c1-16(2,3)22-15(20)18(9-4-11-19)10-12-21-14-7-5-13(17)6-8-14/h5-8,11H,4,9-10,12H2,1-3H3. The maximum Gasteiger partial charge on any atom is 0.410 e. The molecule has 0 saturated carbocycles. The quantitative estimate of drug-likeness (QED) is 0.502. The Morgan fingerprint density at radius 1 is 1.23 bits per heavy atom. The number of hydrogen-bond acceptors (Lipinski definition) is 4. The number of benzene rings is 1. The van der Waals surface area contributed by atoms with E-state index in [9.17, 15) is 9.59 Å². The molecule has 0 N–H and O–H groups in total. The van der Waals surface area contributed by atoms with Gasteiger partial charge in [-0.25, -0.2) is 4.79 Å². The maximum atomic E-state index is 12.1. The normalized spacial score (nSPS) is 10.9. The summed E-state index contributed by atoms with van der Waals surface area (Å²) in [6.45, 7) is 6.47. The Labute approximate surface area is 145 Å². The summed E-state index contributed by atoms with van der Waals surface area (Å²) in [5.41, 5.74) is -0.562. The highest BCUT2D eigenvalue weighted by atomic mass is 127. The SMILES string of the molecule is CC(C)(C)OC(=O)N(CCC=O)CCOc1ccc(I)cc1. The van der Waals surface area contributed by atoms with Gasteiger partial charge >= 0.3 is 6.09 Å². The van der Waals surface area contributed by atoms with E-state index in [-0.39, 0.29) is 6.42 Å². The fraction of sp³-hybridized carbons (Fsp3) is 0.500. The smallest absolute Gasteiger partial charge is 0.410 e. The third-order valence-electron chi connectivity index (χ3n) is 2.61. The number of rotatable bonds is 7. The van der Waals surface area contributed by atoms with Crippen LogP contribution in [0, 0.1) is 3.57 Å². The molecule has 122 valence electrons. The third-order valence-corrected chi connectivity index (χ3v) is 3.33.